The molecule has 0 amide bonds. The Morgan fingerprint density at radius 3 is 2.80 bits per heavy atom. The van der Waals surface area contributed by atoms with E-state index in [1.54, 1.807) is 0 Å². The van der Waals surface area contributed by atoms with E-state index in [1.807, 2.05) is 0 Å². The lowest BCUT2D eigenvalue weighted by atomic mass is 9.70. The van der Waals surface area contributed by atoms with Crippen LogP contribution in [0.25, 0.3) is 0 Å². The Morgan fingerprint density at radius 1 is 1.70 bits per heavy atom. The van der Waals surface area contributed by atoms with Crippen molar-refractivity contribution in [2.24, 2.45) is 5.92 Å². The lowest BCUT2D eigenvalue weighted by Crippen LogP contribution is -2.28. The predicted octanol–water partition coefficient (Wildman–Crippen LogP) is 1.01. The lowest BCUT2D eigenvalue weighted by Gasteiger charge is -2.18. The summed E-state index contributed by atoms with van der Waals surface area (Å²) >= 11 is 0. The molecule has 10 heavy (non-hydrogen) atoms. The molecule has 56 valence electrons. The summed E-state index contributed by atoms with van der Waals surface area (Å²) in [5.41, 5.74) is 1.02. The van der Waals surface area contributed by atoms with E-state index in [0.717, 1.165) is 11.9 Å². The number of rotatable bonds is 1. The van der Waals surface area contributed by atoms with Gasteiger partial charge < -0.3 is 9.68 Å². The maximum Gasteiger partial charge on any atom is 0.486 e. The van der Waals surface area contributed by atoms with Crippen LogP contribution in [-0.4, -0.2) is 18.7 Å². The van der Waals surface area contributed by atoms with Gasteiger partial charge in [0.25, 0.3) is 0 Å². The van der Waals surface area contributed by atoms with Gasteiger partial charge >= 0.3 is 7.12 Å². The molecule has 1 aliphatic heterocycles. The Balaban J connectivity index is 2.61. The van der Waals surface area contributed by atoms with E-state index >= 15 is 0 Å². The van der Waals surface area contributed by atoms with Crippen molar-refractivity contribution in [3.05, 3.63) is 11.5 Å². The summed E-state index contributed by atoms with van der Waals surface area (Å²) in [5, 5.41) is 9.25. The van der Waals surface area contributed by atoms with Crippen LogP contribution in [0.4, 0.5) is 0 Å². The molecule has 0 aromatic rings. The van der Waals surface area contributed by atoms with Crippen LogP contribution in [0, 0.1) is 5.92 Å². The van der Waals surface area contributed by atoms with Gasteiger partial charge in [0.1, 0.15) is 0 Å². The van der Waals surface area contributed by atoms with E-state index in [2.05, 4.69) is 19.9 Å². The molecule has 0 atom stereocenters. The Morgan fingerprint density at radius 2 is 2.40 bits per heavy atom. The highest BCUT2D eigenvalue weighted by molar-refractivity contribution is 6.52. The monoisotopic (exact) mass is 140 g/mol. The SMILES string of the molecule is CC(C)C1=CCCOB1O. The minimum Gasteiger partial charge on any atom is -0.423 e. The van der Waals surface area contributed by atoms with Crippen molar-refractivity contribution >= 4 is 7.12 Å². The first kappa shape index (κ1) is 7.83. The van der Waals surface area contributed by atoms with Crippen LogP contribution >= 0.6 is 0 Å². The smallest absolute Gasteiger partial charge is 0.423 e. The quantitative estimate of drug-likeness (QED) is 0.550. The van der Waals surface area contributed by atoms with Gasteiger partial charge in [0, 0.05) is 6.61 Å². The molecule has 0 aromatic carbocycles. The van der Waals surface area contributed by atoms with E-state index in [0.29, 0.717) is 12.5 Å². The summed E-state index contributed by atoms with van der Waals surface area (Å²) in [6, 6.07) is 0. The third-order valence-electron chi connectivity index (χ3n) is 1.73. The molecule has 2 nitrogen and oxygen atoms in total. The largest absolute Gasteiger partial charge is 0.486 e. The second-order valence-corrected chi connectivity index (χ2v) is 2.87. The zero-order chi connectivity index (χ0) is 7.56. The van der Waals surface area contributed by atoms with Gasteiger partial charge in [0.2, 0.25) is 0 Å². The van der Waals surface area contributed by atoms with Gasteiger partial charge in [-0.25, -0.2) is 0 Å². The molecule has 0 fully saturated rings. The molecule has 0 aliphatic carbocycles. The van der Waals surface area contributed by atoms with Gasteiger partial charge in [-0.05, 0) is 17.8 Å². The molecule has 0 saturated heterocycles. The standard InChI is InChI=1S/C7H13BO2/c1-6(2)7-4-3-5-10-8(7)9/h4,6,9H,3,5H2,1-2H3. The highest BCUT2D eigenvalue weighted by Crippen LogP contribution is 2.16. The first-order valence-electron chi connectivity index (χ1n) is 3.71. The molecular formula is C7H13BO2. The van der Waals surface area contributed by atoms with Crippen LogP contribution in [0.1, 0.15) is 20.3 Å². The highest BCUT2D eigenvalue weighted by atomic mass is 16.5. The zero-order valence-electron chi connectivity index (χ0n) is 6.50. The predicted molar refractivity (Wildman–Crippen MR) is 41.5 cm³/mol. The van der Waals surface area contributed by atoms with Gasteiger partial charge in [0.15, 0.2) is 0 Å². The fourth-order valence-corrected chi connectivity index (χ4v) is 1.12. The van der Waals surface area contributed by atoms with Gasteiger partial charge in [-0.2, -0.15) is 0 Å². The number of hydrogen-bond acceptors (Lipinski definition) is 2. The van der Waals surface area contributed by atoms with E-state index in [1.165, 1.54) is 0 Å². The molecule has 1 rings (SSSR count). The van der Waals surface area contributed by atoms with E-state index < -0.39 is 7.12 Å². The van der Waals surface area contributed by atoms with Crippen LogP contribution in [0.2, 0.25) is 0 Å². The van der Waals surface area contributed by atoms with E-state index in [9.17, 15) is 5.02 Å². The van der Waals surface area contributed by atoms with Gasteiger partial charge in [0.05, 0.1) is 0 Å². The van der Waals surface area contributed by atoms with Gasteiger partial charge in [-0.1, -0.05) is 19.9 Å². The minimum absolute atomic E-state index is 0.398. The average molecular weight is 140 g/mol. The van der Waals surface area contributed by atoms with Crippen molar-refractivity contribution in [2.75, 3.05) is 6.61 Å². The Kier molecular flexibility index (Phi) is 2.52. The van der Waals surface area contributed by atoms with E-state index in [-0.39, 0.29) is 0 Å². The molecule has 1 aliphatic rings. The maximum absolute atomic E-state index is 9.25. The first-order valence-corrected chi connectivity index (χ1v) is 3.71. The number of allylic oxidation sites excluding steroid dienone is 1. The highest BCUT2D eigenvalue weighted by Gasteiger charge is 2.24. The van der Waals surface area contributed by atoms with Crippen molar-refractivity contribution in [1.82, 2.24) is 0 Å². The topological polar surface area (TPSA) is 29.5 Å². The Bertz CT molecular complexity index is 143. The summed E-state index contributed by atoms with van der Waals surface area (Å²) < 4.78 is 5.04. The summed E-state index contributed by atoms with van der Waals surface area (Å²) in [5.74, 6) is 0.398. The second kappa shape index (κ2) is 3.22. The Labute approximate surface area is 62.0 Å². The fourth-order valence-electron chi connectivity index (χ4n) is 1.12. The fraction of sp³-hybridized carbons (Fsp3) is 0.714. The summed E-state index contributed by atoms with van der Waals surface area (Å²) in [6.45, 7) is 4.77. The van der Waals surface area contributed by atoms with Crippen LogP contribution in [0.5, 0.6) is 0 Å². The van der Waals surface area contributed by atoms with Crippen molar-refractivity contribution < 1.29 is 9.68 Å². The lowest BCUT2D eigenvalue weighted by molar-refractivity contribution is 0.260. The molecule has 0 aromatic heterocycles. The first-order chi connectivity index (χ1) is 4.72. The molecule has 0 radical (unpaired) electrons. The third kappa shape index (κ3) is 1.61. The van der Waals surface area contributed by atoms with Crippen molar-refractivity contribution in [3.8, 4) is 0 Å². The van der Waals surface area contributed by atoms with Crippen molar-refractivity contribution in [2.45, 2.75) is 20.3 Å². The molecule has 0 spiro atoms. The Hall–Kier alpha value is -0.275. The maximum atomic E-state index is 9.25. The van der Waals surface area contributed by atoms with Gasteiger partial charge in [-0.3, -0.25) is 0 Å². The molecule has 3 heteroatoms. The van der Waals surface area contributed by atoms with Crippen LogP contribution in [-0.2, 0) is 4.65 Å². The average Bonchev–Trinajstić information content (AvgIpc) is 1.88. The summed E-state index contributed by atoms with van der Waals surface area (Å²) in [6.07, 6.45) is 3.00. The normalized spacial score (nSPS) is 19.6. The summed E-state index contributed by atoms with van der Waals surface area (Å²) in [7, 11) is -0.645. The van der Waals surface area contributed by atoms with Crippen LogP contribution in [0.15, 0.2) is 11.5 Å². The van der Waals surface area contributed by atoms with Crippen molar-refractivity contribution in [3.63, 3.8) is 0 Å². The zero-order valence-corrected chi connectivity index (χ0v) is 6.50. The van der Waals surface area contributed by atoms with Crippen LogP contribution in [0.3, 0.4) is 0 Å². The van der Waals surface area contributed by atoms with Gasteiger partial charge in [-0.15, -0.1) is 0 Å². The van der Waals surface area contributed by atoms with E-state index in [4.69, 9.17) is 4.65 Å². The third-order valence-corrected chi connectivity index (χ3v) is 1.73. The molecule has 0 unspecified atom stereocenters. The molecule has 0 saturated carbocycles. The second-order valence-electron chi connectivity index (χ2n) is 2.87. The van der Waals surface area contributed by atoms with Crippen LogP contribution < -0.4 is 0 Å². The number of hydrogen-bond donors (Lipinski definition) is 1. The summed E-state index contributed by atoms with van der Waals surface area (Å²) in [4.78, 5) is 0. The molecule has 0 bridgehead atoms. The minimum atomic E-state index is -0.645. The molecule has 1 N–H and O–H groups in total. The molecule has 1 heterocycles. The molecular weight excluding hydrogens is 127 g/mol. The van der Waals surface area contributed by atoms with Crippen molar-refractivity contribution in [1.29, 1.82) is 0 Å².